The normalized spacial score (nSPS) is 16.0. The summed E-state index contributed by atoms with van der Waals surface area (Å²) >= 11 is 0. The van der Waals surface area contributed by atoms with Crippen LogP contribution in [0, 0.1) is 0 Å². The van der Waals surface area contributed by atoms with Gasteiger partial charge in [0.25, 0.3) is 0 Å². The molecule has 2 N–H and O–H groups in total. The summed E-state index contributed by atoms with van der Waals surface area (Å²) in [6.07, 6.45) is 1.74. The average molecular weight is 187 g/mol. The van der Waals surface area contributed by atoms with Crippen LogP contribution in [0.2, 0.25) is 0 Å². The van der Waals surface area contributed by atoms with Crippen molar-refractivity contribution in [2.24, 2.45) is 4.99 Å². The summed E-state index contributed by atoms with van der Waals surface area (Å²) in [5.41, 5.74) is 0. The largest absolute Gasteiger partial charge is 0.480 e. The molecule has 0 saturated carbocycles. The minimum atomic E-state index is -0.782. The highest BCUT2D eigenvalue weighted by molar-refractivity contribution is 5.72. The van der Waals surface area contributed by atoms with Gasteiger partial charge in [0, 0.05) is 6.54 Å². The van der Waals surface area contributed by atoms with Crippen molar-refractivity contribution in [3.05, 3.63) is 0 Å². The Morgan fingerprint density at radius 2 is 2.31 bits per heavy atom. The van der Waals surface area contributed by atoms with E-state index in [1.54, 1.807) is 32.3 Å². The zero-order chi connectivity index (χ0) is 10.3. The van der Waals surface area contributed by atoms with Crippen molar-refractivity contribution in [2.45, 2.75) is 13.0 Å². The maximum Gasteiger partial charge on any atom is 0.320 e. The van der Waals surface area contributed by atoms with Crippen molar-refractivity contribution < 1.29 is 9.90 Å². The smallest absolute Gasteiger partial charge is 0.320 e. The molecule has 0 aliphatic carbocycles. The van der Waals surface area contributed by atoms with Crippen LogP contribution >= 0.6 is 0 Å². The van der Waals surface area contributed by atoms with E-state index in [4.69, 9.17) is 5.11 Å². The van der Waals surface area contributed by atoms with Gasteiger partial charge in [0.2, 0.25) is 0 Å². The van der Waals surface area contributed by atoms with Crippen molar-refractivity contribution in [2.75, 3.05) is 27.2 Å². The highest BCUT2D eigenvalue weighted by Crippen LogP contribution is 1.88. The van der Waals surface area contributed by atoms with E-state index in [1.165, 1.54) is 0 Å². The maximum atomic E-state index is 10.1. The molecule has 1 heterocycles. The molecule has 1 unspecified atom stereocenters. The summed E-state index contributed by atoms with van der Waals surface area (Å²) < 4.78 is 0. The number of rotatable bonds is 2. The average Bonchev–Trinajstić information content (AvgIpc) is 2.59. The second-order valence-electron chi connectivity index (χ2n) is 2.97. The second-order valence-corrected chi connectivity index (χ2v) is 2.97. The number of aliphatic imine (C=N–C) groups is 1. The Hall–Kier alpha value is -1.10. The van der Waals surface area contributed by atoms with Crippen LogP contribution in [0.4, 0.5) is 0 Å². The van der Waals surface area contributed by atoms with Gasteiger partial charge in [-0.25, -0.2) is 0 Å². The van der Waals surface area contributed by atoms with Gasteiger partial charge in [-0.3, -0.25) is 14.7 Å². The first-order valence-electron chi connectivity index (χ1n) is 4.16. The number of carbonyl (C=O) groups is 1. The molecule has 0 saturated heterocycles. The van der Waals surface area contributed by atoms with E-state index in [-0.39, 0.29) is 6.04 Å². The molecular weight excluding hydrogens is 170 g/mol. The lowest BCUT2D eigenvalue weighted by molar-refractivity contribution is -0.141. The summed E-state index contributed by atoms with van der Waals surface area (Å²) in [6, 6.07) is -0.380. The van der Waals surface area contributed by atoms with Gasteiger partial charge in [-0.15, -0.1) is 0 Å². The Balaban J connectivity index is 0.000000243. The molecule has 13 heavy (non-hydrogen) atoms. The molecule has 1 atom stereocenters. The van der Waals surface area contributed by atoms with Crippen molar-refractivity contribution in [1.82, 2.24) is 10.2 Å². The van der Waals surface area contributed by atoms with Crippen LogP contribution in [0.3, 0.4) is 0 Å². The molecule has 0 aromatic rings. The number of likely N-dealkylation sites (N-methyl/N-ethyl adjacent to an activating group) is 1. The van der Waals surface area contributed by atoms with Gasteiger partial charge in [-0.1, -0.05) is 0 Å². The third-order valence-corrected chi connectivity index (χ3v) is 1.70. The lowest BCUT2D eigenvalue weighted by Gasteiger charge is -2.13. The van der Waals surface area contributed by atoms with Crippen LogP contribution in [0.25, 0.3) is 0 Å². The minimum Gasteiger partial charge on any atom is -0.480 e. The van der Waals surface area contributed by atoms with E-state index in [9.17, 15) is 4.79 Å². The van der Waals surface area contributed by atoms with Crippen molar-refractivity contribution in [3.8, 4) is 0 Å². The van der Waals surface area contributed by atoms with Crippen LogP contribution in [0.5, 0.6) is 0 Å². The van der Waals surface area contributed by atoms with Crippen molar-refractivity contribution >= 4 is 12.3 Å². The summed E-state index contributed by atoms with van der Waals surface area (Å²) in [7, 11) is 3.47. The number of hydrogen-bond donors (Lipinski definition) is 2. The molecule has 0 radical (unpaired) electrons. The lowest BCUT2D eigenvalue weighted by atomic mass is 10.3. The fourth-order valence-electron chi connectivity index (χ4n) is 0.544. The number of aliphatic carboxylic acids is 1. The zero-order valence-corrected chi connectivity index (χ0v) is 8.32. The Kier molecular flexibility index (Phi) is 5.88. The fourth-order valence-corrected chi connectivity index (χ4v) is 0.544. The first-order valence-corrected chi connectivity index (χ1v) is 4.16. The fraction of sp³-hybridized carbons (Fsp3) is 0.750. The quantitative estimate of drug-likeness (QED) is 0.619. The molecule has 0 spiro atoms. The minimum absolute atomic E-state index is 0.380. The van der Waals surface area contributed by atoms with E-state index in [0.717, 1.165) is 13.1 Å². The standard InChI is InChI=1S/C5H11NO2.C3H6N2/c1-4(5(7)8)6(2)3;1-2-5-3-4-1/h4H,1-3H3,(H,7,8);3H,1-2H2,(H,4,5). The monoisotopic (exact) mass is 187 g/mol. The number of carboxylic acids is 1. The molecule has 0 aromatic heterocycles. The predicted octanol–water partition coefficient (Wildman–Crippen LogP) is -0.361. The molecule has 0 fully saturated rings. The molecule has 76 valence electrons. The van der Waals surface area contributed by atoms with Gasteiger partial charge in [0.1, 0.15) is 6.04 Å². The van der Waals surface area contributed by atoms with Gasteiger partial charge in [0.05, 0.1) is 12.9 Å². The summed E-state index contributed by atoms with van der Waals surface area (Å²) in [5.74, 6) is -0.782. The molecular formula is C8H17N3O2. The summed E-state index contributed by atoms with van der Waals surface area (Å²) in [6.45, 7) is 3.63. The first-order chi connectivity index (χ1) is 6.05. The predicted molar refractivity (Wildman–Crippen MR) is 52.1 cm³/mol. The van der Waals surface area contributed by atoms with E-state index < -0.39 is 5.97 Å². The molecule has 0 amide bonds. The number of carboxylic acid groups (broad SMARTS) is 1. The van der Waals surface area contributed by atoms with E-state index in [0.29, 0.717) is 0 Å². The molecule has 1 aliphatic rings. The molecule has 1 aliphatic heterocycles. The number of nitrogens with one attached hydrogen (secondary N) is 1. The third kappa shape index (κ3) is 6.10. The zero-order valence-electron chi connectivity index (χ0n) is 8.32. The topological polar surface area (TPSA) is 64.9 Å². The first kappa shape index (κ1) is 11.9. The van der Waals surface area contributed by atoms with Gasteiger partial charge >= 0.3 is 5.97 Å². The number of nitrogens with zero attached hydrogens (tertiary/aromatic N) is 2. The van der Waals surface area contributed by atoms with Gasteiger partial charge in [-0.2, -0.15) is 0 Å². The Bertz CT molecular complexity index is 174. The summed E-state index contributed by atoms with van der Waals surface area (Å²) in [5, 5.41) is 11.2. The van der Waals surface area contributed by atoms with E-state index in [1.807, 2.05) is 0 Å². The molecule has 1 rings (SSSR count). The lowest BCUT2D eigenvalue weighted by Crippen LogP contribution is -2.32. The highest BCUT2D eigenvalue weighted by Gasteiger charge is 2.11. The van der Waals surface area contributed by atoms with Crippen LogP contribution in [0.15, 0.2) is 4.99 Å². The van der Waals surface area contributed by atoms with Crippen LogP contribution in [-0.2, 0) is 4.79 Å². The van der Waals surface area contributed by atoms with Crippen LogP contribution in [-0.4, -0.2) is 55.5 Å². The van der Waals surface area contributed by atoms with Crippen LogP contribution in [0.1, 0.15) is 6.92 Å². The van der Waals surface area contributed by atoms with Gasteiger partial charge in [-0.05, 0) is 21.0 Å². The Labute approximate surface area is 78.5 Å². The van der Waals surface area contributed by atoms with E-state index >= 15 is 0 Å². The third-order valence-electron chi connectivity index (χ3n) is 1.70. The molecule has 5 heteroatoms. The SMILES string of the molecule is C1=NCCN1.CC(C(=O)O)N(C)C. The van der Waals surface area contributed by atoms with E-state index in [2.05, 4.69) is 10.3 Å². The Morgan fingerprint density at radius 3 is 2.38 bits per heavy atom. The summed E-state index contributed by atoms with van der Waals surface area (Å²) in [4.78, 5) is 15.6. The van der Waals surface area contributed by atoms with Crippen molar-refractivity contribution in [3.63, 3.8) is 0 Å². The van der Waals surface area contributed by atoms with Crippen LogP contribution < -0.4 is 5.32 Å². The maximum absolute atomic E-state index is 10.1. The number of hydrogen-bond acceptors (Lipinski definition) is 4. The Morgan fingerprint density at radius 1 is 1.69 bits per heavy atom. The molecule has 5 nitrogen and oxygen atoms in total. The second kappa shape index (κ2) is 6.42. The highest BCUT2D eigenvalue weighted by atomic mass is 16.4. The van der Waals surface area contributed by atoms with Gasteiger partial charge in [0.15, 0.2) is 0 Å². The molecule has 0 aromatic carbocycles. The van der Waals surface area contributed by atoms with Crippen molar-refractivity contribution in [1.29, 1.82) is 0 Å². The van der Waals surface area contributed by atoms with Gasteiger partial charge < -0.3 is 10.4 Å². The molecule has 0 bridgehead atoms.